The fraction of sp³-hybridized carbons (Fsp3) is 0.333. The third-order valence-electron chi connectivity index (χ3n) is 0.786. The van der Waals surface area contributed by atoms with Crippen molar-refractivity contribution in [2.75, 3.05) is 6.26 Å². The predicted octanol–water partition coefficient (Wildman–Crippen LogP) is 1.02. The molecule has 0 saturated carbocycles. The van der Waals surface area contributed by atoms with Gasteiger partial charge < -0.3 is 0 Å². The fourth-order valence-electron chi connectivity index (χ4n) is 0.391. The molecule has 0 saturated heterocycles. The molecule has 9 heavy (non-hydrogen) atoms. The maximum absolute atomic E-state index is 10.5. The van der Waals surface area contributed by atoms with Gasteiger partial charge in [-0.05, 0) is 19.3 Å². The van der Waals surface area contributed by atoms with Crippen LogP contribution in [0.3, 0.4) is 0 Å². The summed E-state index contributed by atoms with van der Waals surface area (Å²) in [7, 11) is 0. The summed E-state index contributed by atoms with van der Waals surface area (Å²) in [5, 5.41) is 0. The van der Waals surface area contributed by atoms with Gasteiger partial charge in [0.15, 0.2) is 5.78 Å². The van der Waals surface area contributed by atoms with Gasteiger partial charge in [-0.15, -0.1) is 11.8 Å². The van der Waals surface area contributed by atoms with Gasteiger partial charge in [0, 0.05) is 0 Å². The molecule has 3 heteroatoms. The smallest absolute Gasteiger partial charge is 0.166 e. The van der Waals surface area contributed by atoms with Crippen LogP contribution in [0, 0.1) is 0 Å². The average Bonchev–Trinajstić information content (AvgIpc) is 1.82. The zero-order valence-electron chi connectivity index (χ0n) is 5.38. The predicted molar refractivity (Wildman–Crippen MR) is 38.3 cm³/mol. The third kappa shape index (κ3) is 3.08. The zero-order chi connectivity index (χ0) is 7.28. The Balaban J connectivity index is 4.14. The minimum atomic E-state index is -0.0606. The molecule has 0 radical (unpaired) electrons. The van der Waals surface area contributed by atoms with Crippen molar-refractivity contribution < 1.29 is 9.59 Å². The Labute approximate surface area is 58.3 Å². The molecule has 0 aromatic rings. The second-order valence-electron chi connectivity index (χ2n) is 1.43. The maximum Gasteiger partial charge on any atom is 0.166 e. The molecular weight excluding hydrogens is 136 g/mol. The van der Waals surface area contributed by atoms with Gasteiger partial charge in [-0.1, -0.05) is 0 Å². The highest BCUT2D eigenvalue weighted by Gasteiger charge is 1.98. The number of Topliss-reactive ketones (excluding diaryl/α,β-unsaturated/α-hetero) is 1. The molecule has 0 spiro atoms. The van der Waals surface area contributed by atoms with Gasteiger partial charge in [0.25, 0.3) is 0 Å². The van der Waals surface area contributed by atoms with Crippen LogP contribution < -0.4 is 0 Å². The van der Waals surface area contributed by atoms with Crippen LogP contribution in [0.4, 0.5) is 0 Å². The normalized spacial score (nSPS) is 11.1. The van der Waals surface area contributed by atoms with E-state index < -0.39 is 0 Å². The second kappa shape index (κ2) is 4.32. The van der Waals surface area contributed by atoms with Crippen LogP contribution in [0.2, 0.25) is 0 Å². The third-order valence-corrected chi connectivity index (χ3v) is 1.65. The molecular formula is C6H8O2S. The van der Waals surface area contributed by atoms with E-state index in [-0.39, 0.29) is 5.78 Å². The van der Waals surface area contributed by atoms with Crippen LogP contribution in [0.5, 0.6) is 0 Å². The van der Waals surface area contributed by atoms with Crippen molar-refractivity contribution in [2.45, 2.75) is 6.92 Å². The largest absolute Gasteiger partial charge is 0.299 e. The summed E-state index contributed by atoms with van der Waals surface area (Å²) in [4.78, 5) is 20.9. The first-order chi connectivity index (χ1) is 4.22. The topological polar surface area (TPSA) is 34.1 Å². The molecule has 0 aromatic heterocycles. The van der Waals surface area contributed by atoms with E-state index in [1.165, 1.54) is 24.8 Å². The van der Waals surface area contributed by atoms with Crippen molar-refractivity contribution in [3.63, 3.8) is 0 Å². The van der Waals surface area contributed by atoms with E-state index in [0.29, 0.717) is 11.2 Å². The van der Waals surface area contributed by atoms with Crippen molar-refractivity contribution in [3.8, 4) is 0 Å². The Bertz CT molecular complexity index is 149. The van der Waals surface area contributed by atoms with Crippen LogP contribution >= 0.6 is 11.8 Å². The Morgan fingerprint density at radius 3 is 2.22 bits per heavy atom. The first-order valence-corrected chi connectivity index (χ1v) is 3.65. The minimum Gasteiger partial charge on any atom is -0.299 e. The van der Waals surface area contributed by atoms with E-state index in [4.69, 9.17) is 0 Å². The molecule has 0 aliphatic heterocycles. The number of rotatable bonds is 3. The number of ketones is 1. The standard InChI is InChI=1S/C6H8O2S/c1-5(8)6(9-2)3-4-7/h3-4H,1-2H3/b6-3+. The fourth-order valence-corrected chi connectivity index (χ4v) is 0.870. The molecule has 0 N–H and O–H groups in total. The first kappa shape index (κ1) is 8.43. The van der Waals surface area contributed by atoms with Crippen LogP contribution in [-0.2, 0) is 9.59 Å². The lowest BCUT2D eigenvalue weighted by Gasteiger charge is -1.91. The summed E-state index contributed by atoms with van der Waals surface area (Å²) in [6, 6.07) is 0. The highest BCUT2D eigenvalue weighted by molar-refractivity contribution is 8.03. The molecule has 0 heterocycles. The van der Waals surface area contributed by atoms with Crippen LogP contribution in [0.15, 0.2) is 11.0 Å². The maximum atomic E-state index is 10.5. The Morgan fingerprint density at radius 1 is 1.56 bits per heavy atom. The Morgan fingerprint density at radius 2 is 2.11 bits per heavy atom. The van der Waals surface area contributed by atoms with E-state index in [1.54, 1.807) is 6.26 Å². The molecule has 0 amide bonds. The van der Waals surface area contributed by atoms with E-state index in [2.05, 4.69) is 0 Å². The molecule has 0 aliphatic carbocycles. The quantitative estimate of drug-likeness (QED) is 0.438. The number of hydrogen-bond donors (Lipinski definition) is 0. The number of aldehydes is 1. The SMILES string of the molecule is CS/C(=C/C=O)C(C)=O. The molecule has 0 aliphatic rings. The van der Waals surface area contributed by atoms with Gasteiger partial charge in [0.1, 0.15) is 6.29 Å². The van der Waals surface area contributed by atoms with E-state index in [9.17, 15) is 9.59 Å². The summed E-state index contributed by atoms with van der Waals surface area (Å²) in [5.41, 5.74) is 0. The number of hydrogen-bond acceptors (Lipinski definition) is 3. The van der Waals surface area contributed by atoms with Crippen LogP contribution in [0.25, 0.3) is 0 Å². The van der Waals surface area contributed by atoms with Crippen LogP contribution in [0.1, 0.15) is 6.92 Å². The molecule has 0 atom stereocenters. The summed E-state index contributed by atoms with van der Waals surface area (Å²) >= 11 is 1.28. The van der Waals surface area contributed by atoms with Crippen molar-refractivity contribution >= 4 is 23.8 Å². The van der Waals surface area contributed by atoms with Gasteiger partial charge >= 0.3 is 0 Å². The van der Waals surface area contributed by atoms with Crippen molar-refractivity contribution in [2.24, 2.45) is 0 Å². The van der Waals surface area contributed by atoms with Crippen LogP contribution in [-0.4, -0.2) is 18.3 Å². The van der Waals surface area contributed by atoms with Gasteiger partial charge in [-0.3, -0.25) is 9.59 Å². The van der Waals surface area contributed by atoms with E-state index in [1.807, 2.05) is 0 Å². The van der Waals surface area contributed by atoms with Gasteiger partial charge in [0.2, 0.25) is 0 Å². The minimum absolute atomic E-state index is 0.0606. The van der Waals surface area contributed by atoms with Crippen molar-refractivity contribution in [1.82, 2.24) is 0 Å². The summed E-state index contributed by atoms with van der Waals surface area (Å²) < 4.78 is 0. The summed E-state index contributed by atoms with van der Waals surface area (Å²) in [5.74, 6) is -0.0606. The zero-order valence-corrected chi connectivity index (χ0v) is 6.20. The summed E-state index contributed by atoms with van der Waals surface area (Å²) in [6.45, 7) is 1.44. The molecule has 0 aromatic carbocycles. The van der Waals surface area contributed by atoms with Gasteiger partial charge in [-0.25, -0.2) is 0 Å². The van der Waals surface area contributed by atoms with Crippen molar-refractivity contribution in [1.29, 1.82) is 0 Å². The molecule has 0 unspecified atom stereocenters. The van der Waals surface area contributed by atoms with Crippen molar-refractivity contribution in [3.05, 3.63) is 11.0 Å². The van der Waals surface area contributed by atoms with Gasteiger partial charge in [-0.2, -0.15) is 0 Å². The summed E-state index contributed by atoms with van der Waals surface area (Å²) in [6.07, 6.45) is 3.65. The Hall–Kier alpha value is -0.570. The molecule has 2 nitrogen and oxygen atoms in total. The molecule has 0 bridgehead atoms. The second-order valence-corrected chi connectivity index (χ2v) is 2.28. The highest BCUT2D eigenvalue weighted by Crippen LogP contribution is 2.10. The van der Waals surface area contributed by atoms with E-state index >= 15 is 0 Å². The lowest BCUT2D eigenvalue weighted by atomic mass is 10.4. The highest BCUT2D eigenvalue weighted by atomic mass is 32.2. The molecule has 0 fully saturated rings. The lowest BCUT2D eigenvalue weighted by molar-refractivity contribution is -0.113. The number of thioether (sulfide) groups is 1. The number of carbonyl (C=O) groups excluding carboxylic acids is 2. The Kier molecular flexibility index (Phi) is 4.05. The van der Waals surface area contributed by atoms with Gasteiger partial charge in [0.05, 0.1) is 4.91 Å². The number of allylic oxidation sites excluding steroid dienone is 2. The van der Waals surface area contributed by atoms with E-state index in [0.717, 1.165) is 0 Å². The first-order valence-electron chi connectivity index (χ1n) is 2.42. The molecule has 50 valence electrons. The monoisotopic (exact) mass is 144 g/mol. The number of carbonyl (C=O) groups is 2. The molecule has 0 rings (SSSR count). The lowest BCUT2D eigenvalue weighted by Crippen LogP contribution is -1.90. The average molecular weight is 144 g/mol.